The maximum absolute atomic E-state index is 10.8. The molecule has 4 rings (SSSR count). The summed E-state index contributed by atoms with van der Waals surface area (Å²) in [5.41, 5.74) is 1.20. The third kappa shape index (κ3) is 2.04. The number of fused-ring (bicyclic) bond motifs is 1. The summed E-state index contributed by atoms with van der Waals surface area (Å²) in [6.45, 7) is 0. The van der Waals surface area contributed by atoms with Gasteiger partial charge in [-0.3, -0.25) is 9.20 Å². The molecule has 0 bridgehead atoms. The summed E-state index contributed by atoms with van der Waals surface area (Å²) < 4.78 is 6.89. The van der Waals surface area contributed by atoms with Crippen molar-refractivity contribution in [2.75, 3.05) is 0 Å². The van der Waals surface area contributed by atoms with E-state index < -0.39 is 5.97 Å². The lowest BCUT2D eigenvalue weighted by Gasteiger charge is -1.99. The van der Waals surface area contributed by atoms with Gasteiger partial charge in [0.15, 0.2) is 5.65 Å². The van der Waals surface area contributed by atoms with Crippen LogP contribution >= 0.6 is 0 Å². The van der Waals surface area contributed by atoms with Crippen LogP contribution in [0.15, 0.2) is 22.9 Å². The summed E-state index contributed by atoms with van der Waals surface area (Å²) >= 11 is 0. The second kappa shape index (κ2) is 4.37. The van der Waals surface area contributed by atoms with Crippen molar-refractivity contribution in [2.45, 2.75) is 25.2 Å². The smallest absolute Gasteiger partial charge is 0.311 e. The van der Waals surface area contributed by atoms with E-state index in [1.54, 1.807) is 16.7 Å². The molecule has 0 spiro atoms. The highest BCUT2D eigenvalue weighted by atomic mass is 16.5. The lowest BCUT2D eigenvalue weighted by atomic mass is 10.2. The van der Waals surface area contributed by atoms with Crippen molar-refractivity contribution >= 4 is 11.6 Å². The zero-order chi connectivity index (χ0) is 14.4. The van der Waals surface area contributed by atoms with Gasteiger partial charge in [0.1, 0.15) is 12.2 Å². The highest BCUT2D eigenvalue weighted by Gasteiger charge is 2.30. The monoisotopic (exact) mass is 285 g/mol. The maximum atomic E-state index is 10.8. The lowest BCUT2D eigenvalue weighted by Crippen LogP contribution is -2.04. The van der Waals surface area contributed by atoms with Crippen molar-refractivity contribution in [2.24, 2.45) is 0 Å². The van der Waals surface area contributed by atoms with Gasteiger partial charge in [-0.2, -0.15) is 4.98 Å². The van der Waals surface area contributed by atoms with Crippen molar-refractivity contribution in [3.8, 4) is 11.4 Å². The zero-order valence-corrected chi connectivity index (χ0v) is 10.9. The van der Waals surface area contributed by atoms with E-state index in [1.165, 1.54) is 0 Å². The van der Waals surface area contributed by atoms with Gasteiger partial charge in [-0.15, -0.1) is 10.2 Å². The molecule has 0 unspecified atom stereocenters. The Morgan fingerprint density at radius 3 is 3.05 bits per heavy atom. The Hall–Kier alpha value is -2.77. The molecule has 1 fully saturated rings. The maximum Gasteiger partial charge on any atom is 0.311 e. The van der Waals surface area contributed by atoms with Gasteiger partial charge < -0.3 is 9.63 Å². The van der Waals surface area contributed by atoms with Crippen LogP contribution in [-0.4, -0.2) is 35.8 Å². The first-order valence-corrected chi connectivity index (χ1v) is 6.61. The molecule has 1 aliphatic rings. The summed E-state index contributed by atoms with van der Waals surface area (Å²) in [6, 6.07) is 3.60. The van der Waals surface area contributed by atoms with E-state index >= 15 is 0 Å². The third-order valence-electron chi connectivity index (χ3n) is 3.42. The third-order valence-corrected chi connectivity index (χ3v) is 3.42. The molecule has 0 amide bonds. The Balaban J connectivity index is 1.80. The molecule has 0 saturated heterocycles. The van der Waals surface area contributed by atoms with E-state index in [0.29, 0.717) is 34.7 Å². The molecule has 0 aromatic carbocycles. The lowest BCUT2D eigenvalue weighted by molar-refractivity contribution is -0.136. The number of nitrogens with zero attached hydrogens (tertiary/aromatic N) is 5. The predicted molar refractivity (Wildman–Crippen MR) is 69.6 cm³/mol. The van der Waals surface area contributed by atoms with Crippen LogP contribution in [0, 0.1) is 0 Å². The Morgan fingerprint density at radius 1 is 1.43 bits per heavy atom. The quantitative estimate of drug-likeness (QED) is 0.769. The van der Waals surface area contributed by atoms with Crippen molar-refractivity contribution in [3.63, 3.8) is 0 Å². The van der Waals surface area contributed by atoms with Crippen molar-refractivity contribution in [1.82, 2.24) is 24.7 Å². The average Bonchev–Trinajstić information content (AvgIpc) is 3.06. The second-order valence-electron chi connectivity index (χ2n) is 5.03. The van der Waals surface area contributed by atoms with Gasteiger partial charge in [-0.25, -0.2) is 0 Å². The molecule has 8 heteroatoms. The Labute approximate surface area is 118 Å². The second-order valence-corrected chi connectivity index (χ2v) is 5.03. The van der Waals surface area contributed by atoms with Crippen LogP contribution in [0.5, 0.6) is 0 Å². The number of carbonyl (C=O) groups is 1. The summed E-state index contributed by atoms with van der Waals surface area (Å²) in [4.78, 5) is 15.2. The molecular weight excluding hydrogens is 274 g/mol. The van der Waals surface area contributed by atoms with E-state index in [0.717, 1.165) is 12.8 Å². The Bertz CT molecular complexity index is 833. The van der Waals surface area contributed by atoms with Crippen molar-refractivity contribution in [3.05, 3.63) is 30.0 Å². The molecule has 8 nitrogen and oxygen atoms in total. The van der Waals surface area contributed by atoms with Gasteiger partial charge in [-0.05, 0) is 25.0 Å². The van der Waals surface area contributed by atoms with Gasteiger partial charge in [0.25, 0.3) is 0 Å². The van der Waals surface area contributed by atoms with E-state index in [-0.39, 0.29) is 6.42 Å². The zero-order valence-electron chi connectivity index (χ0n) is 10.9. The Morgan fingerprint density at radius 2 is 2.29 bits per heavy atom. The van der Waals surface area contributed by atoms with E-state index in [9.17, 15) is 4.79 Å². The van der Waals surface area contributed by atoms with Crippen molar-refractivity contribution in [1.29, 1.82) is 0 Å². The summed E-state index contributed by atoms with van der Waals surface area (Å²) in [6.07, 6.45) is 3.70. The number of pyridine rings is 1. The van der Waals surface area contributed by atoms with Crippen LogP contribution in [0.25, 0.3) is 17.0 Å². The van der Waals surface area contributed by atoms with E-state index in [4.69, 9.17) is 9.63 Å². The summed E-state index contributed by atoms with van der Waals surface area (Å²) in [5.74, 6) is 0.899. The van der Waals surface area contributed by atoms with Crippen LogP contribution in [0.4, 0.5) is 0 Å². The number of carboxylic acids is 1. The minimum Gasteiger partial charge on any atom is -0.481 e. The predicted octanol–water partition coefficient (Wildman–Crippen LogP) is 1.28. The highest BCUT2D eigenvalue weighted by Crippen LogP contribution is 2.39. The van der Waals surface area contributed by atoms with Gasteiger partial charge >= 0.3 is 5.97 Å². The fourth-order valence-electron chi connectivity index (χ4n) is 2.23. The van der Waals surface area contributed by atoms with Crippen LogP contribution in [-0.2, 0) is 11.2 Å². The first-order chi connectivity index (χ1) is 10.2. The number of aliphatic carboxylic acids is 1. The SMILES string of the molecule is O=C(O)Cc1nnc2c(-c3noc(C4CC4)n3)cccn12. The van der Waals surface area contributed by atoms with Gasteiger partial charge in [0, 0.05) is 12.1 Å². The van der Waals surface area contributed by atoms with Gasteiger partial charge in [-0.1, -0.05) is 5.16 Å². The van der Waals surface area contributed by atoms with Crippen LogP contribution < -0.4 is 0 Å². The highest BCUT2D eigenvalue weighted by molar-refractivity contribution is 5.74. The first kappa shape index (κ1) is 12.0. The largest absolute Gasteiger partial charge is 0.481 e. The summed E-state index contributed by atoms with van der Waals surface area (Å²) in [7, 11) is 0. The number of hydrogen-bond acceptors (Lipinski definition) is 6. The minimum absolute atomic E-state index is 0.190. The molecule has 106 valence electrons. The molecule has 21 heavy (non-hydrogen) atoms. The number of hydrogen-bond donors (Lipinski definition) is 1. The minimum atomic E-state index is -0.953. The number of aromatic nitrogens is 5. The fraction of sp³-hybridized carbons (Fsp3) is 0.308. The fourth-order valence-corrected chi connectivity index (χ4v) is 2.23. The standard InChI is InChI=1S/C13H11N5O3/c19-10(20)6-9-15-16-12-8(2-1-5-18(9)12)11-14-13(21-17-11)7-3-4-7/h1-2,5,7H,3-4,6H2,(H,19,20). The first-order valence-electron chi connectivity index (χ1n) is 6.61. The van der Waals surface area contributed by atoms with E-state index in [2.05, 4.69) is 20.3 Å². The number of carboxylic acid groups (broad SMARTS) is 1. The molecule has 3 heterocycles. The molecule has 0 atom stereocenters. The topological polar surface area (TPSA) is 106 Å². The molecular formula is C13H11N5O3. The van der Waals surface area contributed by atoms with Crippen LogP contribution in [0.3, 0.4) is 0 Å². The molecule has 3 aromatic rings. The molecule has 3 aromatic heterocycles. The molecule has 0 aliphatic heterocycles. The summed E-state index contributed by atoms with van der Waals surface area (Å²) in [5, 5.41) is 20.8. The molecule has 1 saturated carbocycles. The number of rotatable bonds is 4. The normalized spacial score (nSPS) is 14.7. The van der Waals surface area contributed by atoms with Crippen LogP contribution in [0.2, 0.25) is 0 Å². The molecule has 0 radical (unpaired) electrons. The van der Waals surface area contributed by atoms with Crippen LogP contribution in [0.1, 0.15) is 30.5 Å². The van der Waals surface area contributed by atoms with Gasteiger partial charge in [0.05, 0.1) is 5.56 Å². The van der Waals surface area contributed by atoms with Crippen molar-refractivity contribution < 1.29 is 14.4 Å². The average molecular weight is 285 g/mol. The van der Waals surface area contributed by atoms with E-state index in [1.807, 2.05) is 6.07 Å². The van der Waals surface area contributed by atoms with Gasteiger partial charge in [0.2, 0.25) is 11.7 Å². The Kier molecular flexibility index (Phi) is 2.50. The molecule has 1 aliphatic carbocycles. The molecule has 1 N–H and O–H groups in total.